The van der Waals surface area contributed by atoms with Gasteiger partial charge in [0.05, 0.1) is 0 Å². The van der Waals surface area contributed by atoms with Crippen LogP contribution in [0.2, 0.25) is 0 Å². The number of para-hydroxylation sites is 1. The Morgan fingerprint density at radius 2 is 1.79 bits per heavy atom. The molecule has 0 aliphatic rings. The number of aromatic nitrogens is 2. The number of carbonyl (C=O) groups excluding carboxylic acids is 1. The van der Waals surface area contributed by atoms with Gasteiger partial charge in [0.2, 0.25) is 5.89 Å². The molecule has 3 aromatic heterocycles. The second-order valence-electron chi connectivity index (χ2n) is 6.44. The molecule has 0 fully saturated rings. The first-order valence-electron chi connectivity index (χ1n) is 8.79. The molecule has 1 N–H and O–H groups in total. The molecular formula is C22H15N3O3. The molecule has 0 saturated carbocycles. The van der Waals surface area contributed by atoms with Gasteiger partial charge in [0.1, 0.15) is 11.1 Å². The zero-order valence-electron chi connectivity index (χ0n) is 15.0. The fourth-order valence-corrected chi connectivity index (χ4v) is 3.20. The highest BCUT2D eigenvalue weighted by Gasteiger charge is 2.18. The van der Waals surface area contributed by atoms with Gasteiger partial charge in [-0.2, -0.15) is 0 Å². The van der Waals surface area contributed by atoms with Gasteiger partial charge in [0.25, 0.3) is 5.91 Å². The molecule has 0 atom stereocenters. The molecule has 0 unspecified atom stereocenters. The van der Waals surface area contributed by atoms with Crippen LogP contribution in [0.1, 0.15) is 16.1 Å². The first-order chi connectivity index (χ1) is 13.7. The van der Waals surface area contributed by atoms with Crippen LogP contribution >= 0.6 is 0 Å². The Kier molecular flexibility index (Phi) is 3.69. The lowest BCUT2D eigenvalue weighted by Crippen LogP contribution is -2.12. The standard InChI is InChI=1S/C22H15N3O3/c1-13-16-4-2-3-5-18(16)27-20(13)21(26)24-15-6-7-19-17(12-15)25-22(28-19)14-8-10-23-11-9-14/h2-12H,1H3,(H,24,26). The van der Waals surface area contributed by atoms with E-state index in [2.05, 4.69) is 15.3 Å². The Balaban J connectivity index is 1.46. The fourth-order valence-electron chi connectivity index (χ4n) is 3.20. The van der Waals surface area contributed by atoms with Crippen LogP contribution in [0.5, 0.6) is 0 Å². The fraction of sp³-hybridized carbons (Fsp3) is 0.0455. The van der Waals surface area contributed by atoms with Crippen LogP contribution in [-0.4, -0.2) is 15.9 Å². The quantitative estimate of drug-likeness (QED) is 0.473. The third-order valence-electron chi connectivity index (χ3n) is 4.62. The largest absolute Gasteiger partial charge is 0.451 e. The van der Waals surface area contributed by atoms with Crippen molar-refractivity contribution in [2.45, 2.75) is 6.92 Å². The van der Waals surface area contributed by atoms with Gasteiger partial charge in [-0.3, -0.25) is 9.78 Å². The summed E-state index contributed by atoms with van der Waals surface area (Å²) < 4.78 is 11.5. The highest BCUT2D eigenvalue weighted by atomic mass is 16.4. The predicted octanol–water partition coefficient (Wildman–Crippen LogP) is 5.20. The zero-order chi connectivity index (χ0) is 19.1. The number of nitrogens with one attached hydrogen (secondary N) is 1. The van der Waals surface area contributed by atoms with Crippen LogP contribution in [-0.2, 0) is 0 Å². The smallest absolute Gasteiger partial charge is 0.291 e. The van der Waals surface area contributed by atoms with Gasteiger partial charge in [0.15, 0.2) is 11.3 Å². The summed E-state index contributed by atoms with van der Waals surface area (Å²) in [5.74, 6) is 0.513. The third-order valence-corrected chi connectivity index (χ3v) is 4.62. The topological polar surface area (TPSA) is 81.2 Å². The number of furan rings is 1. The zero-order valence-corrected chi connectivity index (χ0v) is 15.0. The first kappa shape index (κ1) is 16.3. The summed E-state index contributed by atoms with van der Waals surface area (Å²) in [7, 11) is 0. The SMILES string of the molecule is Cc1c(C(=O)Nc2ccc3oc(-c4ccncc4)nc3c2)oc2ccccc12. The van der Waals surface area contributed by atoms with Crippen molar-refractivity contribution >= 4 is 33.7 Å². The molecule has 136 valence electrons. The minimum atomic E-state index is -0.300. The van der Waals surface area contributed by atoms with E-state index in [4.69, 9.17) is 8.83 Å². The molecule has 0 aliphatic carbocycles. The molecule has 0 spiro atoms. The molecule has 0 saturated heterocycles. The summed E-state index contributed by atoms with van der Waals surface area (Å²) in [5.41, 5.74) is 4.27. The summed E-state index contributed by atoms with van der Waals surface area (Å²) in [6.07, 6.45) is 3.37. The van der Waals surface area contributed by atoms with Crippen molar-refractivity contribution in [2.75, 3.05) is 5.32 Å². The van der Waals surface area contributed by atoms with Gasteiger partial charge in [-0.15, -0.1) is 0 Å². The number of oxazole rings is 1. The molecular weight excluding hydrogens is 354 g/mol. The molecule has 5 aromatic rings. The highest BCUT2D eigenvalue weighted by Crippen LogP contribution is 2.28. The van der Waals surface area contributed by atoms with Gasteiger partial charge >= 0.3 is 0 Å². The predicted molar refractivity (Wildman–Crippen MR) is 106 cm³/mol. The van der Waals surface area contributed by atoms with Gasteiger partial charge in [0, 0.05) is 34.6 Å². The van der Waals surface area contributed by atoms with E-state index in [1.54, 1.807) is 30.6 Å². The molecule has 0 bridgehead atoms. The van der Waals surface area contributed by atoms with Crippen molar-refractivity contribution in [3.8, 4) is 11.5 Å². The highest BCUT2D eigenvalue weighted by molar-refractivity contribution is 6.07. The number of anilines is 1. The van der Waals surface area contributed by atoms with Gasteiger partial charge in [-0.1, -0.05) is 18.2 Å². The summed E-state index contributed by atoms with van der Waals surface area (Å²) in [5, 5.41) is 3.81. The number of nitrogens with zero attached hydrogens (tertiary/aromatic N) is 2. The van der Waals surface area contributed by atoms with E-state index in [0.717, 1.165) is 16.5 Å². The number of benzene rings is 2. The Bertz CT molecular complexity index is 1320. The van der Waals surface area contributed by atoms with Gasteiger partial charge in [-0.05, 0) is 43.3 Å². The Morgan fingerprint density at radius 1 is 0.964 bits per heavy atom. The van der Waals surface area contributed by atoms with Crippen molar-refractivity contribution < 1.29 is 13.6 Å². The van der Waals surface area contributed by atoms with Crippen LogP contribution in [0.25, 0.3) is 33.5 Å². The molecule has 2 aromatic carbocycles. The molecule has 6 heteroatoms. The number of aryl methyl sites for hydroxylation is 1. The van der Waals surface area contributed by atoms with E-state index in [0.29, 0.717) is 34.0 Å². The minimum absolute atomic E-state index is 0.300. The normalized spacial score (nSPS) is 11.2. The average molecular weight is 369 g/mol. The van der Waals surface area contributed by atoms with Crippen LogP contribution in [0.3, 0.4) is 0 Å². The van der Waals surface area contributed by atoms with Crippen molar-refractivity contribution in [2.24, 2.45) is 0 Å². The Hall–Kier alpha value is -3.93. The van der Waals surface area contributed by atoms with E-state index in [9.17, 15) is 4.79 Å². The van der Waals surface area contributed by atoms with Crippen molar-refractivity contribution in [1.82, 2.24) is 9.97 Å². The van der Waals surface area contributed by atoms with Crippen LogP contribution in [0.4, 0.5) is 5.69 Å². The van der Waals surface area contributed by atoms with Crippen molar-refractivity contribution in [3.05, 3.63) is 78.3 Å². The number of hydrogen-bond donors (Lipinski definition) is 1. The summed E-state index contributed by atoms with van der Waals surface area (Å²) in [6, 6.07) is 16.6. The van der Waals surface area contributed by atoms with Crippen LogP contribution < -0.4 is 5.32 Å². The van der Waals surface area contributed by atoms with E-state index < -0.39 is 0 Å². The lowest BCUT2D eigenvalue weighted by molar-refractivity contribution is 0.0998. The summed E-state index contributed by atoms with van der Waals surface area (Å²) >= 11 is 0. The summed E-state index contributed by atoms with van der Waals surface area (Å²) in [4.78, 5) is 21.2. The maximum atomic E-state index is 12.7. The van der Waals surface area contributed by atoms with E-state index in [1.165, 1.54) is 0 Å². The second-order valence-corrected chi connectivity index (χ2v) is 6.44. The van der Waals surface area contributed by atoms with E-state index in [-0.39, 0.29) is 5.91 Å². The summed E-state index contributed by atoms with van der Waals surface area (Å²) in [6.45, 7) is 1.88. The molecule has 0 aliphatic heterocycles. The lowest BCUT2D eigenvalue weighted by atomic mass is 10.1. The maximum Gasteiger partial charge on any atom is 0.291 e. The molecule has 6 nitrogen and oxygen atoms in total. The molecule has 3 heterocycles. The average Bonchev–Trinajstić information content (AvgIpc) is 3.30. The Labute approximate surface area is 159 Å². The van der Waals surface area contributed by atoms with Crippen molar-refractivity contribution in [3.63, 3.8) is 0 Å². The van der Waals surface area contributed by atoms with Crippen LogP contribution in [0, 0.1) is 6.92 Å². The number of amides is 1. The molecule has 28 heavy (non-hydrogen) atoms. The Morgan fingerprint density at radius 3 is 2.61 bits per heavy atom. The van der Waals surface area contributed by atoms with Gasteiger partial charge < -0.3 is 14.2 Å². The van der Waals surface area contributed by atoms with Gasteiger partial charge in [-0.25, -0.2) is 4.98 Å². The maximum absolute atomic E-state index is 12.7. The first-order valence-corrected chi connectivity index (χ1v) is 8.79. The van der Waals surface area contributed by atoms with Crippen molar-refractivity contribution in [1.29, 1.82) is 0 Å². The molecule has 5 rings (SSSR count). The van der Waals surface area contributed by atoms with E-state index >= 15 is 0 Å². The molecule has 0 radical (unpaired) electrons. The number of hydrogen-bond acceptors (Lipinski definition) is 5. The molecule has 1 amide bonds. The minimum Gasteiger partial charge on any atom is -0.451 e. The number of rotatable bonds is 3. The number of carbonyl (C=O) groups is 1. The number of fused-ring (bicyclic) bond motifs is 2. The van der Waals surface area contributed by atoms with Crippen LogP contribution in [0.15, 0.2) is 75.8 Å². The van der Waals surface area contributed by atoms with E-state index in [1.807, 2.05) is 43.3 Å². The number of pyridine rings is 1. The lowest BCUT2D eigenvalue weighted by Gasteiger charge is -2.03. The second kappa shape index (κ2) is 6.35. The monoisotopic (exact) mass is 369 g/mol. The third kappa shape index (κ3) is 2.72.